The summed E-state index contributed by atoms with van der Waals surface area (Å²) in [4.78, 5) is 0. The van der Waals surface area contributed by atoms with E-state index in [0.717, 1.165) is 17.4 Å². The second-order valence-corrected chi connectivity index (χ2v) is 7.46. The van der Waals surface area contributed by atoms with Crippen molar-refractivity contribution in [2.24, 2.45) is 29.6 Å². The second kappa shape index (κ2) is 4.56. The maximum atomic E-state index is 13.8. The first kappa shape index (κ1) is 12.8. The number of halogens is 1. The molecule has 4 bridgehead atoms. The Morgan fingerprint density at radius 2 is 1.65 bits per heavy atom. The Morgan fingerprint density at radius 3 is 2.20 bits per heavy atom. The number of hydrogen-bond donors (Lipinski definition) is 1. The summed E-state index contributed by atoms with van der Waals surface area (Å²) in [5.74, 6) is 3.35. The molecule has 1 unspecified atom stereocenters. The van der Waals surface area contributed by atoms with Gasteiger partial charge in [0.25, 0.3) is 0 Å². The van der Waals surface area contributed by atoms with Gasteiger partial charge in [0, 0.05) is 0 Å². The molecule has 5 rings (SSSR count). The average Bonchev–Trinajstić information content (AvgIpc) is 2.40. The first-order valence-corrected chi connectivity index (χ1v) is 8.06. The second-order valence-electron chi connectivity index (χ2n) is 7.46. The first-order chi connectivity index (χ1) is 9.61. The van der Waals surface area contributed by atoms with Crippen molar-refractivity contribution in [2.75, 3.05) is 0 Å². The Kier molecular flexibility index (Phi) is 2.92. The molecule has 0 radical (unpaired) electrons. The predicted molar refractivity (Wildman–Crippen MR) is 76.6 cm³/mol. The largest absolute Gasteiger partial charge is 0.388 e. The number of rotatable bonds is 2. The summed E-state index contributed by atoms with van der Waals surface area (Å²) in [6, 6.07) is 5.25. The van der Waals surface area contributed by atoms with Crippen LogP contribution in [0, 0.1) is 42.3 Å². The monoisotopic (exact) mass is 274 g/mol. The maximum Gasteiger partial charge on any atom is 0.126 e. The lowest BCUT2D eigenvalue weighted by Crippen LogP contribution is -2.47. The molecule has 108 valence electrons. The van der Waals surface area contributed by atoms with Gasteiger partial charge in [0.15, 0.2) is 0 Å². The number of aliphatic hydroxyl groups excluding tert-OH is 1. The minimum atomic E-state index is -0.472. The fourth-order valence-corrected chi connectivity index (χ4v) is 5.50. The van der Waals surface area contributed by atoms with Gasteiger partial charge in [-0.25, -0.2) is 4.39 Å². The SMILES string of the molecule is Cc1ccc(C(O)C2C3CC4CC(C3)CC2C4)cc1F. The lowest BCUT2D eigenvalue weighted by Gasteiger charge is -2.55. The molecule has 1 N–H and O–H groups in total. The Bertz CT molecular complexity index is 496. The van der Waals surface area contributed by atoms with E-state index in [1.165, 1.54) is 32.1 Å². The molecule has 0 aliphatic heterocycles. The third-order valence-electron chi connectivity index (χ3n) is 6.20. The van der Waals surface area contributed by atoms with Crippen molar-refractivity contribution < 1.29 is 9.50 Å². The molecule has 1 aromatic carbocycles. The van der Waals surface area contributed by atoms with Crippen LogP contribution in [0.25, 0.3) is 0 Å². The van der Waals surface area contributed by atoms with Crippen LogP contribution >= 0.6 is 0 Å². The molecular weight excluding hydrogens is 251 g/mol. The average molecular weight is 274 g/mol. The summed E-state index contributed by atoms with van der Waals surface area (Å²) in [5.41, 5.74) is 1.44. The van der Waals surface area contributed by atoms with E-state index in [2.05, 4.69) is 0 Å². The van der Waals surface area contributed by atoms with Gasteiger partial charge < -0.3 is 5.11 Å². The normalized spacial score (nSPS) is 40.0. The molecule has 1 atom stereocenters. The Labute approximate surface area is 120 Å². The van der Waals surface area contributed by atoms with Crippen molar-refractivity contribution in [1.82, 2.24) is 0 Å². The van der Waals surface area contributed by atoms with Crippen LogP contribution < -0.4 is 0 Å². The van der Waals surface area contributed by atoms with Crippen molar-refractivity contribution in [3.05, 3.63) is 35.1 Å². The van der Waals surface area contributed by atoms with Crippen LogP contribution in [0.2, 0.25) is 0 Å². The molecule has 4 aliphatic carbocycles. The summed E-state index contributed by atoms with van der Waals surface area (Å²) >= 11 is 0. The summed E-state index contributed by atoms with van der Waals surface area (Å²) in [7, 11) is 0. The van der Waals surface area contributed by atoms with E-state index in [4.69, 9.17) is 0 Å². The van der Waals surface area contributed by atoms with E-state index < -0.39 is 6.10 Å². The van der Waals surface area contributed by atoms with Crippen molar-refractivity contribution >= 4 is 0 Å². The molecule has 1 aromatic rings. The molecule has 0 aromatic heterocycles. The predicted octanol–water partition coefficient (Wildman–Crippen LogP) is 4.24. The minimum absolute atomic E-state index is 0.189. The molecule has 0 heterocycles. The molecule has 20 heavy (non-hydrogen) atoms. The van der Waals surface area contributed by atoms with Crippen molar-refractivity contribution in [2.45, 2.75) is 45.1 Å². The van der Waals surface area contributed by atoms with Crippen LogP contribution in [0.1, 0.15) is 49.3 Å². The van der Waals surface area contributed by atoms with Gasteiger partial charge in [-0.1, -0.05) is 12.1 Å². The summed E-state index contributed by atoms with van der Waals surface area (Å²) in [5, 5.41) is 10.8. The standard InChI is InChI=1S/C18H23FO/c1-10-2-3-13(9-16(10)19)18(20)17-14-5-11-4-12(7-14)8-15(17)6-11/h2-3,9,11-12,14-15,17-18,20H,4-8H2,1H3. The van der Waals surface area contributed by atoms with E-state index in [-0.39, 0.29) is 5.82 Å². The molecule has 4 saturated carbocycles. The molecule has 0 spiro atoms. The molecule has 0 saturated heterocycles. The molecular formula is C18H23FO. The van der Waals surface area contributed by atoms with Crippen LogP contribution in [-0.2, 0) is 0 Å². The lowest BCUT2D eigenvalue weighted by molar-refractivity contribution is -0.0908. The quantitative estimate of drug-likeness (QED) is 0.855. The van der Waals surface area contributed by atoms with E-state index >= 15 is 0 Å². The fraction of sp³-hybridized carbons (Fsp3) is 0.667. The zero-order valence-corrected chi connectivity index (χ0v) is 12.1. The van der Waals surface area contributed by atoms with E-state index in [1.807, 2.05) is 6.07 Å². The van der Waals surface area contributed by atoms with Gasteiger partial charge >= 0.3 is 0 Å². The van der Waals surface area contributed by atoms with Crippen molar-refractivity contribution in [3.8, 4) is 0 Å². The molecule has 4 aliphatic rings. The number of aliphatic hydroxyl groups is 1. The van der Waals surface area contributed by atoms with Gasteiger partial charge in [-0.15, -0.1) is 0 Å². The van der Waals surface area contributed by atoms with Crippen LogP contribution in [0.3, 0.4) is 0 Å². The minimum Gasteiger partial charge on any atom is -0.388 e. The van der Waals surface area contributed by atoms with E-state index in [1.54, 1.807) is 19.1 Å². The molecule has 4 fully saturated rings. The highest BCUT2D eigenvalue weighted by Gasteiger charge is 2.50. The van der Waals surface area contributed by atoms with Gasteiger partial charge in [0.2, 0.25) is 0 Å². The van der Waals surface area contributed by atoms with Crippen LogP contribution in [0.15, 0.2) is 18.2 Å². The Morgan fingerprint density at radius 1 is 1.05 bits per heavy atom. The third-order valence-corrected chi connectivity index (χ3v) is 6.20. The molecule has 0 amide bonds. The van der Waals surface area contributed by atoms with Gasteiger partial charge in [-0.2, -0.15) is 0 Å². The lowest BCUT2D eigenvalue weighted by atomic mass is 9.50. The zero-order valence-electron chi connectivity index (χ0n) is 12.1. The summed E-state index contributed by atoms with van der Waals surface area (Å²) in [6.07, 6.45) is 6.13. The fourth-order valence-electron chi connectivity index (χ4n) is 5.50. The number of benzene rings is 1. The van der Waals surface area contributed by atoms with Crippen molar-refractivity contribution in [1.29, 1.82) is 0 Å². The Balaban J connectivity index is 1.62. The van der Waals surface area contributed by atoms with Crippen molar-refractivity contribution in [3.63, 3.8) is 0 Å². The van der Waals surface area contributed by atoms with E-state index in [9.17, 15) is 9.50 Å². The van der Waals surface area contributed by atoms with Gasteiger partial charge in [0.1, 0.15) is 5.82 Å². The zero-order chi connectivity index (χ0) is 13.9. The summed E-state index contributed by atoms with van der Waals surface area (Å²) < 4.78 is 13.8. The van der Waals surface area contributed by atoms with E-state index in [0.29, 0.717) is 23.3 Å². The van der Waals surface area contributed by atoms with Crippen LogP contribution in [0.4, 0.5) is 4.39 Å². The topological polar surface area (TPSA) is 20.2 Å². The highest BCUT2D eigenvalue weighted by molar-refractivity contribution is 5.26. The van der Waals surface area contributed by atoms with Gasteiger partial charge in [-0.05, 0) is 85.8 Å². The first-order valence-electron chi connectivity index (χ1n) is 8.06. The smallest absolute Gasteiger partial charge is 0.126 e. The molecule has 1 nitrogen and oxygen atoms in total. The summed E-state index contributed by atoms with van der Waals surface area (Å²) in [6.45, 7) is 1.77. The maximum absolute atomic E-state index is 13.8. The Hall–Kier alpha value is -0.890. The highest BCUT2D eigenvalue weighted by Crippen LogP contribution is 2.59. The highest BCUT2D eigenvalue weighted by atomic mass is 19.1. The number of aryl methyl sites for hydroxylation is 1. The van der Waals surface area contributed by atoms with Crippen LogP contribution in [-0.4, -0.2) is 5.11 Å². The molecule has 2 heteroatoms. The van der Waals surface area contributed by atoms with Gasteiger partial charge in [0.05, 0.1) is 6.10 Å². The number of hydrogen-bond acceptors (Lipinski definition) is 1. The van der Waals surface area contributed by atoms with Crippen LogP contribution in [0.5, 0.6) is 0 Å². The third kappa shape index (κ3) is 1.92. The van der Waals surface area contributed by atoms with Gasteiger partial charge in [-0.3, -0.25) is 0 Å².